The van der Waals surface area contributed by atoms with Gasteiger partial charge in [-0.05, 0) is 25.0 Å². The van der Waals surface area contributed by atoms with Crippen LogP contribution in [0.25, 0.3) is 11.1 Å². The van der Waals surface area contributed by atoms with Crippen LogP contribution < -0.4 is 5.73 Å². The molecule has 2 aromatic rings. The lowest BCUT2D eigenvalue weighted by Crippen LogP contribution is -1.91. The number of rotatable bonds is 1. The lowest BCUT2D eigenvalue weighted by Gasteiger charge is -2.01. The fraction of sp³-hybridized carbons (Fsp3) is 0.364. The number of anilines is 1. The zero-order chi connectivity index (χ0) is 10.3. The Morgan fingerprint density at radius 1 is 1.36 bits per heavy atom. The number of aryl methyl sites for hydroxylation is 3. The molecule has 74 valence electrons. The van der Waals surface area contributed by atoms with Gasteiger partial charge < -0.3 is 10.2 Å². The Labute approximate surface area is 82.9 Å². The molecule has 0 radical (unpaired) electrons. The van der Waals surface area contributed by atoms with Gasteiger partial charge in [-0.2, -0.15) is 0 Å². The van der Waals surface area contributed by atoms with Crippen molar-refractivity contribution >= 4 is 16.8 Å². The van der Waals surface area contributed by atoms with Gasteiger partial charge in [0.25, 0.3) is 0 Å². The molecule has 0 atom stereocenters. The highest BCUT2D eigenvalue weighted by molar-refractivity contribution is 5.89. The Kier molecular flexibility index (Phi) is 1.95. The highest BCUT2D eigenvalue weighted by Gasteiger charge is 2.11. The Bertz CT molecular complexity index is 485. The molecule has 1 heterocycles. The fourth-order valence-electron chi connectivity index (χ4n) is 1.62. The van der Waals surface area contributed by atoms with E-state index in [2.05, 4.69) is 4.98 Å². The van der Waals surface area contributed by atoms with E-state index >= 15 is 0 Å². The quantitative estimate of drug-likeness (QED) is 0.703. The average Bonchev–Trinajstić information content (AvgIpc) is 2.58. The summed E-state index contributed by atoms with van der Waals surface area (Å²) >= 11 is 0. The van der Waals surface area contributed by atoms with Crippen LogP contribution in [0.3, 0.4) is 0 Å². The van der Waals surface area contributed by atoms with Gasteiger partial charge in [0.15, 0.2) is 11.5 Å². The third-order valence-electron chi connectivity index (χ3n) is 2.45. The van der Waals surface area contributed by atoms with Crippen molar-refractivity contribution in [2.24, 2.45) is 0 Å². The minimum atomic E-state index is 0.706. The molecule has 2 N–H and O–H groups in total. The van der Waals surface area contributed by atoms with Crippen LogP contribution >= 0.6 is 0 Å². The first kappa shape index (κ1) is 9.06. The van der Waals surface area contributed by atoms with Crippen LogP contribution in [0.5, 0.6) is 0 Å². The van der Waals surface area contributed by atoms with Crippen molar-refractivity contribution < 1.29 is 4.42 Å². The third kappa shape index (κ3) is 1.16. The summed E-state index contributed by atoms with van der Waals surface area (Å²) in [6, 6.07) is 2.04. The Morgan fingerprint density at radius 3 is 2.71 bits per heavy atom. The van der Waals surface area contributed by atoms with E-state index in [1.165, 1.54) is 0 Å². The molecule has 0 aliphatic heterocycles. The molecule has 2 rings (SSSR count). The molecule has 0 bridgehead atoms. The molecule has 3 nitrogen and oxygen atoms in total. The van der Waals surface area contributed by atoms with Crippen molar-refractivity contribution in [1.29, 1.82) is 0 Å². The second kappa shape index (κ2) is 3.01. The van der Waals surface area contributed by atoms with Crippen LogP contribution in [0, 0.1) is 13.8 Å². The van der Waals surface area contributed by atoms with E-state index in [9.17, 15) is 0 Å². The van der Waals surface area contributed by atoms with Crippen molar-refractivity contribution in [3.63, 3.8) is 0 Å². The molecular formula is C11H14N2O. The largest absolute Gasteiger partial charge is 0.439 e. The van der Waals surface area contributed by atoms with E-state index in [0.717, 1.165) is 34.5 Å². The zero-order valence-electron chi connectivity index (χ0n) is 8.72. The van der Waals surface area contributed by atoms with Gasteiger partial charge in [0.2, 0.25) is 0 Å². The molecule has 0 aliphatic rings. The molecule has 1 aromatic heterocycles. The second-order valence-corrected chi connectivity index (χ2v) is 3.56. The average molecular weight is 190 g/mol. The van der Waals surface area contributed by atoms with Crippen molar-refractivity contribution in [1.82, 2.24) is 4.98 Å². The molecule has 3 heteroatoms. The maximum absolute atomic E-state index is 5.92. The van der Waals surface area contributed by atoms with Gasteiger partial charge in [-0.1, -0.05) is 13.0 Å². The number of fused-ring (bicyclic) bond motifs is 1. The molecule has 0 fully saturated rings. The molecule has 0 aliphatic carbocycles. The standard InChI is InChI=1S/C11H14N2O/c1-4-8-13-10-7(3)5-6(2)9(12)11(10)14-8/h5H,4,12H2,1-3H3. The summed E-state index contributed by atoms with van der Waals surface area (Å²) < 4.78 is 5.57. The molecule has 14 heavy (non-hydrogen) atoms. The topological polar surface area (TPSA) is 52.0 Å². The van der Waals surface area contributed by atoms with Crippen LogP contribution in [0.2, 0.25) is 0 Å². The summed E-state index contributed by atoms with van der Waals surface area (Å²) in [6.07, 6.45) is 0.798. The number of aromatic nitrogens is 1. The van der Waals surface area contributed by atoms with Gasteiger partial charge >= 0.3 is 0 Å². The third-order valence-corrected chi connectivity index (χ3v) is 2.45. The first-order valence-corrected chi connectivity index (χ1v) is 4.78. The van der Waals surface area contributed by atoms with Crippen molar-refractivity contribution in [2.45, 2.75) is 27.2 Å². The summed E-state index contributed by atoms with van der Waals surface area (Å²) in [4.78, 5) is 4.39. The summed E-state index contributed by atoms with van der Waals surface area (Å²) in [5.74, 6) is 0.750. The first-order chi connectivity index (χ1) is 6.63. The second-order valence-electron chi connectivity index (χ2n) is 3.56. The predicted molar refractivity (Wildman–Crippen MR) is 57.3 cm³/mol. The van der Waals surface area contributed by atoms with Crippen LogP contribution in [0.1, 0.15) is 23.9 Å². The minimum Gasteiger partial charge on any atom is -0.439 e. The molecule has 0 saturated heterocycles. The van der Waals surface area contributed by atoms with E-state index < -0.39 is 0 Å². The van der Waals surface area contributed by atoms with Gasteiger partial charge in [-0.15, -0.1) is 0 Å². The molecule has 0 saturated carbocycles. The van der Waals surface area contributed by atoms with Gasteiger partial charge in [0.1, 0.15) is 5.52 Å². The molecule has 0 amide bonds. The normalized spacial score (nSPS) is 11.1. The predicted octanol–water partition coefficient (Wildman–Crippen LogP) is 2.59. The smallest absolute Gasteiger partial charge is 0.195 e. The van der Waals surface area contributed by atoms with Gasteiger partial charge in [-0.3, -0.25) is 0 Å². The lowest BCUT2D eigenvalue weighted by molar-refractivity contribution is 0.539. The van der Waals surface area contributed by atoms with Crippen molar-refractivity contribution in [3.05, 3.63) is 23.1 Å². The van der Waals surface area contributed by atoms with Crippen LogP contribution in [0.15, 0.2) is 10.5 Å². The first-order valence-electron chi connectivity index (χ1n) is 4.78. The van der Waals surface area contributed by atoms with Gasteiger partial charge in [0.05, 0.1) is 5.69 Å². The fourth-order valence-corrected chi connectivity index (χ4v) is 1.62. The molecule has 0 spiro atoms. The minimum absolute atomic E-state index is 0.706. The van der Waals surface area contributed by atoms with Crippen molar-refractivity contribution in [2.75, 3.05) is 5.73 Å². The number of nitrogens with two attached hydrogens (primary N) is 1. The summed E-state index contributed by atoms with van der Waals surface area (Å²) in [5, 5.41) is 0. The number of hydrogen-bond donors (Lipinski definition) is 1. The van der Waals surface area contributed by atoms with Crippen molar-refractivity contribution in [3.8, 4) is 0 Å². The Hall–Kier alpha value is -1.51. The van der Waals surface area contributed by atoms with E-state index in [4.69, 9.17) is 10.2 Å². The van der Waals surface area contributed by atoms with Crippen LogP contribution in [-0.4, -0.2) is 4.98 Å². The number of nitrogen functional groups attached to an aromatic ring is 1. The number of benzene rings is 1. The van der Waals surface area contributed by atoms with Gasteiger partial charge in [0, 0.05) is 6.42 Å². The molecular weight excluding hydrogens is 176 g/mol. The van der Waals surface area contributed by atoms with E-state index in [0.29, 0.717) is 5.69 Å². The van der Waals surface area contributed by atoms with E-state index in [1.54, 1.807) is 0 Å². The Morgan fingerprint density at radius 2 is 2.07 bits per heavy atom. The summed E-state index contributed by atoms with van der Waals surface area (Å²) in [6.45, 7) is 6.02. The van der Waals surface area contributed by atoms with E-state index in [-0.39, 0.29) is 0 Å². The van der Waals surface area contributed by atoms with Crippen LogP contribution in [-0.2, 0) is 6.42 Å². The summed E-state index contributed by atoms with van der Waals surface area (Å²) in [5.41, 5.74) is 10.4. The lowest BCUT2D eigenvalue weighted by atomic mass is 10.1. The maximum Gasteiger partial charge on any atom is 0.195 e. The van der Waals surface area contributed by atoms with Gasteiger partial charge in [-0.25, -0.2) is 4.98 Å². The SMILES string of the molecule is CCc1nc2c(C)cc(C)c(N)c2o1. The van der Waals surface area contributed by atoms with Crippen LogP contribution in [0.4, 0.5) is 5.69 Å². The highest BCUT2D eigenvalue weighted by Crippen LogP contribution is 2.28. The highest BCUT2D eigenvalue weighted by atomic mass is 16.3. The van der Waals surface area contributed by atoms with E-state index in [1.807, 2.05) is 26.8 Å². The number of nitrogens with zero attached hydrogens (tertiary/aromatic N) is 1. The monoisotopic (exact) mass is 190 g/mol. The maximum atomic E-state index is 5.92. The number of oxazole rings is 1. The summed E-state index contributed by atoms with van der Waals surface area (Å²) in [7, 11) is 0. The molecule has 0 unspecified atom stereocenters. The number of hydrogen-bond acceptors (Lipinski definition) is 3. The zero-order valence-corrected chi connectivity index (χ0v) is 8.72. The Balaban J connectivity index is 2.84. The molecule has 1 aromatic carbocycles.